The highest BCUT2D eigenvalue weighted by Gasteiger charge is 2.56. The van der Waals surface area contributed by atoms with Gasteiger partial charge in [-0.25, -0.2) is 0 Å². The number of hydrogen-bond acceptors (Lipinski definition) is 5. The predicted molar refractivity (Wildman–Crippen MR) is 199 cm³/mol. The van der Waals surface area contributed by atoms with Gasteiger partial charge in [0.05, 0.1) is 23.0 Å². The largest absolute Gasteiger partial charge is 0.428 e. The van der Waals surface area contributed by atoms with E-state index in [-0.39, 0.29) is 22.6 Å². The molecule has 2 amide bonds. The lowest BCUT2D eigenvalue weighted by Gasteiger charge is -2.44. The van der Waals surface area contributed by atoms with Crippen LogP contribution in [0, 0.1) is 16.7 Å². The summed E-state index contributed by atoms with van der Waals surface area (Å²) in [5, 5.41) is 0. The highest BCUT2D eigenvalue weighted by atomic mass is 32.1. The second-order valence-electron chi connectivity index (χ2n) is 17.0. The molecule has 6 nitrogen and oxygen atoms in total. The first-order chi connectivity index (χ1) is 21.9. The Kier molecular flexibility index (Phi) is 12.0. The molecule has 1 atom stereocenters. The maximum Gasteiger partial charge on any atom is 0.330 e. The van der Waals surface area contributed by atoms with Crippen molar-refractivity contribution in [2.75, 3.05) is 31.2 Å². The van der Waals surface area contributed by atoms with E-state index in [0.29, 0.717) is 50.5 Å². The number of benzene rings is 1. The van der Waals surface area contributed by atoms with Gasteiger partial charge in [0.1, 0.15) is 0 Å². The van der Waals surface area contributed by atoms with Gasteiger partial charge in [-0.15, -0.1) is 0 Å². The van der Waals surface area contributed by atoms with Crippen LogP contribution >= 0.6 is 12.6 Å². The van der Waals surface area contributed by atoms with Gasteiger partial charge in [0.2, 0.25) is 11.8 Å². The molecule has 1 spiro atoms. The van der Waals surface area contributed by atoms with Gasteiger partial charge in [0.25, 0.3) is 0 Å². The van der Waals surface area contributed by atoms with Gasteiger partial charge in [-0.05, 0) is 96.1 Å². The number of ether oxygens (including phenoxy) is 1. The summed E-state index contributed by atoms with van der Waals surface area (Å²) >= 11 is 4.73. The van der Waals surface area contributed by atoms with E-state index in [4.69, 9.17) is 22.0 Å². The van der Waals surface area contributed by atoms with Crippen molar-refractivity contribution in [3.63, 3.8) is 0 Å². The second kappa shape index (κ2) is 14.8. The Balaban J connectivity index is 0.000000555. The molecule has 1 saturated carbocycles. The Labute approximate surface area is 293 Å². The average Bonchev–Trinajstić information content (AvgIpc) is 3.54. The minimum atomic E-state index is -0.555. The predicted octanol–water partition coefficient (Wildman–Crippen LogP) is 7.87. The highest BCUT2D eigenvalue weighted by Crippen LogP contribution is 2.52. The van der Waals surface area contributed by atoms with E-state index in [2.05, 4.69) is 71.6 Å². The lowest BCUT2D eigenvalue weighted by Crippen LogP contribution is -2.55. The standard InChI is InChI=1S/C31H46BN2O4S.C8H18/c1-7-8-21-17-23(18-21)34-25-19-22(32-38-28(2,3)29(4,5)39)9-10-24(25)31(27(34)36)11-14-33(15-12-31)26(35)30(6)13-16-37-20-30;1-5-7-8(3,4)6-2/h9-10,19,21,23,39H,7-8,11-18,20H2,1-6H3;5-7H2,1-4H3. The normalized spacial score (nSPS) is 25.7. The number of fused-ring (bicyclic) bond motifs is 2. The Morgan fingerprint density at radius 3 is 2.21 bits per heavy atom. The number of amides is 2. The summed E-state index contributed by atoms with van der Waals surface area (Å²) < 4.78 is 11.5. The molecular formula is C39H64BN2O4S. The van der Waals surface area contributed by atoms with Crippen LogP contribution in [-0.2, 0) is 24.4 Å². The first-order valence-corrected chi connectivity index (χ1v) is 19.0. The molecule has 0 bridgehead atoms. The number of hydrogen-bond donors (Lipinski definition) is 1. The van der Waals surface area contributed by atoms with Crippen molar-refractivity contribution in [2.45, 2.75) is 155 Å². The summed E-state index contributed by atoms with van der Waals surface area (Å²) in [5.41, 5.74) is 2.26. The van der Waals surface area contributed by atoms with Crippen LogP contribution in [-0.4, -0.2) is 66.9 Å². The van der Waals surface area contributed by atoms with Gasteiger partial charge in [-0.3, -0.25) is 9.59 Å². The highest BCUT2D eigenvalue weighted by molar-refractivity contribution is 7.81. The molecule has 1 aromatic rings. The third kappa shape index (κ3) is 8.12. The zero-order chi connectivity index (χ0) is 34.8. The first kappa shape index (κ1) is 38.3. The summed E-state index contributed by atoms with van der Waals surface area (Å²) in [5.74, 6) is 1.11. The number of piperidine rings is 1. The van der Waals surface area contributed by atoms with Crippen molar-refractivity contribution in [3.05, 3.63) is 23.8 Å². The van der Waals surface area contributed by atoms with Gasteiger partial charge in [0, 0.05) is 36.2 Å². The summed E-state index contributed by atoms with van der Waals surface area (Å²) in [6.07, 6.45) is 10.7. The number of carbonyl (C=O) groups is 2. The van der Waals surface area contributed by atoms with E-state index >= 15 is 0 Å². The lowest BCUT2D eigenvalue weighted by molar-refractivity contribution is -0.144. The first-order valence-electron chi connectivity index (χ1n) is 18.5. The molecule has 3 fully saturated rings. The number of rotatable bonds is 11. The smallest absolute Gasteiger partial charge is 0.330 e. The quantitative estimate of drug-likeness (QED) is 0.193. The fourth-order valence-corrected chi connectivity index (χ4v) is 7.66. The summed E-state index contributed by atoms with van der Waals surface area (Å²) in [6.45, 7) is 24.0. The lowest BCUT2D eigenvalue weighted by atomic mass is 9.72. The molecule has 47 heavy (non-hydrogen) atoms. The summed E-state index contributed by atoms with van der Waals surface area (Å²) in [7, 11) is 1.82. The Morgan fingerprint density at radius 1 is 1.04 bits per heavy atom. The summed E-state index contributed by atoms with van der Waals surface area (Å²) in [4.78, 5) is 31.8. The third-order valence-electron chi connectivity index (χ3n) is 12.2. The zero-order valence-electron chi connectivity index (χ0n) is 31.3. The van der Waals surface area contributed by atoms with E-state index in [9.17, 15) is 9.59 Å². The Hall–Kier alpha value is -1.51. The maximum absolute atomic E-state index is 14.3. The fraction of sp³-hybridized carbons (Fsp3) is 0.795. The molecule has 3 heterocycles. The monoisotopic (exact) mass is 667 g/mol. The topological polar surface area (TPSA) is 59.1 Å². The van der Waals surface area contributed by atoms with Crippen LogP contribution in [0.25, 0.3) is 0 Å². The van der Waals surface area contributed by atoms with Crippen molar-refractivity contribution in [3.8, 4) is 0 Å². The molecule has 1 unspecified atom stereocenters. The SMILES string of the molecule is CCCC(C)(C)CC.CCCC1CC(N2C(=O)C3(CCN(C(=O)C4(C)CCOC4)CC3)c3ccc([B]OC(C)(C)C(C)(C)S)cc32)C1. The number of thiol groups is 1. The van der Waals surface area contributed by atoms with Crippen molar-refractivity contribution in [1.82, 2.24) is 4.90 Å². The van der Waals surface area contributed by atoms with E-state index in [1.54, 1.807) is 0 Å². The van der Waals surface area contributed by atoms with Gasteiger partial charge < -0.3 is 19.2 Å². The van der Waals surface area contributed by atoms with E-state index in [0.717, 1.165) is 36.0 Å². The van der Waals surface area contributed by atoms with Crippen molar-refractivity contribution >= 4 is 43.1 Å². The van der Waals surface area contributed by atoms with E-state index in [1.807, 2.05) is 33.2 Å². The van der Waals surface area contributed by atoms with Gasteiger partial charge in [0.15, 0.2) is 0 Å². The molecule has 1 radical (unpaired) electrons. The van der Waals surface area contributed by atoms with Crippen molar-refractivity contribution in [2.24, 2.45) is 16.7 Å². The van der Waals surface area contributed by atoms with E-state index < -0.39 is 16.4 Å². The van der Waals surface area contributed by atoms with Crippen LogP contribution in [0.5, 0.6) is 0 Å². The summed E-state index contributed by atoms with van der Waals surface area (Å²) in [6, 6.07) is 6.62. The number of nitrogens with zero attached hydrogens (tertiary/aromatic N) is 2. The molecule has 0 N–H and O–H groups in total. The van der Waals surface area contributed by atoms with Crippen LogP contribution in [0.4, 0.5) is 5.69 Å². The van der Waals surface area contributed by atoms with E-state index in [1.165, 1.54) is 32.1 Å². The van der Waals surface area contributed by atoms with Gasteiger partial charge in [-0.1, -0.05) is 77.9 Å². The van der Waals surface area contributed by atoms with Crippen LogP contribution in [0.1, 0.15) is 139 Å². The molecule has 4 aliphatic rings. The molecule has 3 aliphatic heterocycles. The maximum atomic E-state index is 14.3. The second-order valence-corrected chi connectivity index (χ2v) is 18.2. The minimum Gasteiger partial charge on any atom is -0.428 e. The van der Waals surface area contributed by atoms with Crippen molar-refractivity contribution < 1.29 is 19.0 Å². The van der Waals surface area contributed by atoms with Crippen LogP contribution < -0.4 is 10.4 Å². The van der Waals surface area contributed by atoms with Crippen molar-refractivity contribution in [1.29, 1.82) is 0 Å². The van der Waals surface area contributed by atoms with Crippen LogP contribution in [0.3, 0.4) is 0 Å². The Morgan fingerprint density at radius 2 is 1.70 bits per heavy atom. The van der Waals surface area contributed by atoms with Gasteiger partial charge >= 0.3 is 7.48 Å². The number of anilines is 1. The molecule has 1 aromatic carbocycles. The number of likely N-dealkylation sites (tertiary alicyclic amines) is 1. The fourth-order valence-electron chi connectivity index (χ4n) is 7.60. The Bertz CT molecular complexity index is 1240. The average molecular weight is 668 g/mol. The minimum absolute atomic E-state index is 0.176. The molecule has 2 saturated heterocycles. The molecule has 1 aliphatic carbocycles. The van der Waals surface area contributed by atoms with Gasteiger partial charge in [-0.2, -0.15) is 12.6 Å². The molecular weight excluding hydrogens is 603 g/mol. The zero-order valence-corrected chi connectivity index (χ0v) is 32.2. The molecule has 5 rings (SSSR count). The molecule has 8 heteroatoms. The van der Waals surface area contributed by atoms with Crippen LogP contribution in [0.15, 0.2) is 18.2 Å². The number of carbonyl (C=O) groups excluding carboxylic acids is 2. The molecule has 263 valence electrons. The van der Waals surface area contributed by atoms with Crippen LogP contribution in [0.2, 0.25) is 0 Å². The third-order valence-corrected chi connectivity index (χ3v) is 12.7. The molecule has 0 aromatic heterocycles.